The third kappa shape index (κ3) is 2.86. The summed E-state index contributed by atoms with van der Waals surface area (Å²) < 4.78 is 26.8. The van der Waals surface area contributed by atoms with Crippen LogP contribution in [0, 0.1) is 0 Å². The number of benzene rings is 1. The van der Waals surface area contributed by atoms with Crippen LogP contribution in [-0.4, -0.2) is 36.3 Å². The van der Waals surface area contributed by atoms with Crippen molar-refractivity contribution in [2.75, 3.05) is 18.0 Å². The second-order valence-electron chi connectivity index (χ2n) is 4.62. The lowest BCUT2D eigenvalue weighted by molar-refractivity contribution is 0.340. The first-order chi connectivity index (χ1) is 8.84. The summed E-state index contributed by atoms with van der Waals surface area (Å²) in [6, 6.07) is 4.43. The standard InChI is InChI=1S/C12H17ClN2O2S2/c1-8-9(2)18-6-5-15(8)19(16,17)10-3-4-11(13)12(14)7-10/h3-4,7-9H,5-6,14H2,1-2H3. The van der Waals surface area contributed by atoms with Crippen LogP contribution in [0.4, 0.5) is 5.69 Å². The molecule has 1 heterocycles. The highest BCUT2D eigenvalue weighted by Gasteiger charge is 2.35. The number of nitrogen functional groups attached to an aromatic ring is 1. The predicted octanol–water partition coefficient (Wildman–Crippen LogP) is 2.44. The van der Waals surface area contributed by atoms with Gasteiger partial charge in [0.1, 0.15) is 0 Å². The number of nitrogens with two attached hydrogens (primary N) is 1. The minimum absolute atomic E-state index is 0.0272. The average Bonchev–Trinajstić information content (AvgIpc) is 2.35. The molecule has 1 saturated heterocycles. The molecule has 106 valence electrons. The average molecular weight is 321 g/mol. The van der Waals surface area contributed by atoms with Crippen LogP contribution < -0.4 is 5.73 Å². The molecule has 1 aliphatic heterocycles. The van der Waals surface area contributed by atoms with Gasteiger partial charge < -0.3 is 5.73 Å². The fourth-order valence-electron chi connectivity index (χ4n) is 2.06. The molecule has 1 aliphatic rings. The maximum atomic E-state index is 12.6. The van der Waals surface area contributed by atoms with Gasteiger partial charge >= 0.3 is 0 Å². The molecule has 1 aromatic carbocycles. The van der Waals surface area contributed by atoms with Crippen LogP contribution in [0.3, 0.4) is 0 Å². The normalized spacial score (nSPS) is 25.4. The third-order valence-electron chi connectivity index (χ3n) is 3.40. The smallest absolute Gasteiger partial charge is 0.243 e. The predicted molar refractivity (Wildman–Crippen MR) is 81.1 cm³/mol. The number of anilines is 1. The number of hydrogen-bond acceptors (Lipinski definition) is 4. The Balaban J connectivity index is 2.38. The van der Waals surface area contributed by atoms with Gasteiger partial charge in [-0.15, -0.1) is 0 Å². The van der Waals surface area contributed by atoms with Crippen molar-refractivity contribution in [1.29, 1.82) is 0 Å². The van der Waals surface area contributed by atoms with E-state index in [2.05, 4.69) is 0 Å². The monoisotopic (exact) mass is 320 g/mol. The molecule has 0 spiro atoms. The molecule has 7 heteroatoms. The molecule has 0 bridgehead atoms. The second kappa shape index (κ2) is 5.52. The summed E-state index contributed by atoms with van der Waals surface area (Å²) >= 11 is 7.63. The van der Waals surface area contributed by atoms with Gasteiger partial charge in [0.2, 0.25) is 10.0 Å². The molecule has 1 fully saturated rings. The minimum Gasteiger partial charge on any atom is -0.397 e. The number of hydrogen-bond donors (Lipinski definition) is 1. The number of nitrogens with zero attached hydrogens (tertiary/aromatic N) is 1. The zero-order valence-electron chi connectivity index (χ0n) is 10.8. The number of thioether (sulfide) groups is 1. The van der Waals surface area contributed by atoms with Gasteiger partial charge in [0, 0.05) is 23.6 Å². The fraction of sp³-hybridized carbons (Fsp3) is 0.500. The Kier molecular flexibility index (Phi) is 4.35. The lowest BCUT2D eigenvalue weighted by Crippen LogP contribution is -2.47. The zero-order valence-corrected chi connectivity index (χ0v) is 13.2. The molecular weight excluding hydrogens is 304 g/mol. The van der Waals surface area contributed by atoms with E-state index >= 15 is 0 Å². The zero-order chi connectivity index (χ0) is 14.2. The molecule has 1 aromatic rings. The van der Waals surface area contributed by atoms with E-state index in [-0.39, 0.29) is 21.9 Å². The molecule has 2 rings (SSSR count). The number of rotatable bonds is 2. The molecule has 4 nitrogen and oxygen atoms in total. The van der Waals surface area contributed by atoms with Gasteiger partial charge in [-0.1, -0.05) is 18.5 Å². The Labute approximate surface area is 123 Å². The van der Waals surface area contributed by atoms with E-state index in [1.807, 2.05) is 13.8 Å². The Morgan fingerprint density at radius 1 is 1.42 bits per heavy atom. The Bertz CT molecular complexity index is 577. The topological polar surface area (TPSA) is 63.4 Å². The summed E-state index contributed by atoms with van der Waals surface area (Å²) in [5, 5.41) is 0.655. The van der Waals surface area contributed by atoms with Gasteiger partial charge in [0.25, 0.3) is 0 Å². The first kappa shape index (κ1) is 15.0. The summed E-state index contributed by atoms with van der Waals surface area (Å²) in [5.74, 6) is 0.813. The van der Waals surface area contributed by atoms with Crippen LogP contribution in [0.1, 0.15) is 13.8 Å². The Morgan fingerprint density at radius 3 is 2.74 bits per heavy atom. The van der Waals surface area contributed by atoms with Crippen molar-refractivity contribution in [2.24, 2.45) is 0 Å². The molecule has 0 aliphatic carbocycles. The molecule has 2 unspecified atom stereocenters. The quantitative estimate of drug-likeness (QED) is 0.850. The third-order valence-corrected chi connectivity index (χ3v) is 7.06. The number of sulfonamides is 1. The maximum Gasteiger partial charge on any atom is 0.243 e. The van der Waals surface area contributed by atoms with Crippen molar-refractivity contribution in [3.05, 3.63) is 23.2 Å². The summed E-state index contributed by atoms with van der Waals surface area (Å²) in [6.07, 6.45) is 0. The largest absolute Gasteiger partial charge is 0.397 e. The Hall–Kier alpha value is -0.430. The van der Waals surface area contributed by atoms with E-state index in [0.29, 0.717) is 11.6 Å². The van der Waals surface area contributed by atoms with E-state index in [0.717, 1.165) is 5.75 Å². The molecule has 2 N–H and O–H groups in total. The maximum absolute atomic E-state index is 12.6. The second-order valence-corrected chi connectivity index (χ2v) is 8.40. The van der Waals surface area contributed by atoms with Crippen LogP contribution in [0.15, 0.2) is 23.1 Å². The van der Waals surface area contributed by atoms with Crippen LogP contribution in [0.25, 0.3) is 0 Å². The summed E-state index contributed by atoms with van der Waals surface area (Å²) in [7, 11) is -3.50. The van der Waals surface area contributed by atoms with Crippen molar-refractivity contribution in [3.63, 3.8) is 0 Å². The lowest BCUT2D eigenvalue weighted by Gasteiger charge is -2.36. The summed E-state index contributed by atoms with van der Waals surface area (Å²) in [4.78, 5) is 0.209. The van der Waals surface area contributed by atoms with Gasteiger partial charge in [0.15, 0.2) is 0 Å². The number of halogens is 1. The lowest BCUT2D eigenvalue weighted by atomic mass is 10.2. The summed E-state index contributed by atoms with van der Waals surface area (Å²) in [5.41, 5.74) is 5.98. The molecular formula is C12H17ClN2O2S2. The first-order valence-electron chi connectivity index (χ1n) is 6.02. The molecule has 0 amide bonds. The van der Waals surface area contributed by atoms with E-state index in [9.17, 15) is 8.42 Å². The van der Waals surface area contributed by atoms with Crippen LogP contribution in [-0.2, 0) is 10.0 Å². The minimum atomic E-state index is -3.50. The van der Waals surface area contributed by atoms with Crippen LogP contribution in [0.5, 0.6) is 0 Å². The first-order valence-corrected chi connectivity index (χ1v) is 8.89. The fourth-order valence-corrected chi connectivity index (χ4v) is 5.21. The van der Waals surface area contributed by atoms with E-state index in [1.54, 1.807) is 16.1 Å². The van der Waals surface area contributed by atoms with Crippen LogP contribution >= 0.6 is 23.4 Å². The van der Waals surface area contributed by atoms with E-state index in [1.165, 1.54) is 18.2 Å². The van der Waals surface area contributed by atoms with Crippen molar-refractivity contribution in [1.82, 2.24) is 4.31 Å². The summed E-state index contributed by atoms with van der Waals surface area (Å²) in [6.45, 7) is 4.52. The molecule has 0 radical (unpaired) electrons. The van der Waals surface area contributed by atoms with Crippen molar-refractivity contribution >= 4 is 39.1 Å². The van der Waals surface area contributed by atoms with E-state index in [4.69, 9.17) is 17.3 Å². The molecule has 19 heavy (non-hydrogen) atoms. The van der Waals surface area contributed by atoms with Gasteiger partial charge in [-0.25, -0.2) is 8.42 Å². The van der Waals surface area contributed by atoms with Crippen molar-refractivity contribution < 1.29 is 8.42 Å². The highest BCUT2D eigenvalue weighted by atomic mass is 35.5. The highest BCUT2D eigenvalue weighted by molar-refractivity contribution is 8.00. The molecule has 0 saturated carbocycles. The highest BCUT2D eigenvalue weighted by Crippen LogP contribution is 2.31. The SMILES string of the molecule is CC1SCCN(S(=O)(=O)c2ccc(Cl)c(N)c2)C1C. The Morgan fingerprint density at radius 2 is 2.11 bits per heavy atom. The van der Waals surface area contributed by atoms with Gasteiger partial charge in [0.05, 0.1) is 15.6 Å². The van der Waals surface area contributed by atoms with E-state index < -0.39 is 10.0 Å². The van der Waals surface area contributed by atoms with Crippen LogP contribution in [0.2, 0.25) is 5.02 Å². The molecule has 2 atom stereocenters. The van der Waals surface area contributed by atoms with Gasteiger partial charge in [-0.2, -0.15) is 16.1 Å². The van der Waals surface area contributed by atoms with Crippen molar-refractivity contribution in [2.45, 2.75) is 30.0 Å². The van der Waals surface area contributed by atoms with Gasteiger partial charge in [-0.05, 0) is 25.1 Å². The van der Waals surface area contributed by atoms with Crippen molar-refractivity contribution in [3.8, 4) is 0 Å². The molecule has 0 aromatic heterocycles. The van der Waals surface area contributed by atoms with Gasteiger partial charge in [-0.3, -0.25) is 0 Å².